The largest absolute Gasteiger partial charge is 0.481 e. The molecule has 0 saturated carbocycles. The third kappa shape index (κ3) is 3.47. The molecular weight excluding hydrogens is 280 g/mol. The molecule has 0 aliphatic heterocycles. The van der Waals surface area contributed by atoms with Gasteiger partial charge in [-0.2, -0.15) is 0 Å². The number of aromatic nitrogens is 3. The van der Waals surface area contributed by atoms with Crippen molar-refractivity contribution in [1.82, 2.24) is 19.9 Å². The van der Waals surface area contributed by atoms with Gasteiger partial charge in [0, 0.05) is 26.2 Å². The van der Waals surface area contributed by atoms with Crippen LogP contribution in [0.15, 0.2) is 23.5 Å². The molecule has 2 aromatic rings. The molecule has 7 nitrogen and oxygen atoms in total. The SMILES string of the molecule is CC(=O)NCCn1c(SCC(=O)O)nc2cccnc21. The first-order chi connectivity index (χ1) is 9.58. The van der Waals surface area contributed by atoms with Gasteiger partial charge in [-0.3, -0.25) is 9.59 Å². The number of carboxylic acid groups (broad SMARTS) is 1. The number of carbonyl (C=O) groups excluding carboxylic acids is 1. The number of amides is 1. The van der Waals surface area contributed by atoms with Gasteiger partial charge in [-0.05, 0) is 12.1 Å². The third-order valence-corrected chi connectivity index (χ3v) is 3.46. The number of fused-ring (bicyclic) bond motifs is 1. The van der Waals surface area contributed by atoms with E-state index in [-0.39, 0.29) is 11.7 Å². The van der Waals surface area contributed by atoms with Crippen molar-refractivity contribution >= 4 is 34.8 Å². The fourth-order valence-electron chi connectivity index (χ4n) is 1.72. The van der Waals surface area contributed by atoms with Gasteiger partial charge in [-0.25, -0.2) is 9.97 Å². The average molecular weight is 294 g/mol. The van der Waals surface area contributed by atoms with E-state index in [2.05, 4.69) is 15.3 Å². The van der Waals surface area contributed by atoms with Crippen LogP contribution in [-0.4, -0.2) is 43.8 Å². The van der Waals surface area contributed by atoms with Crippen molar-refractivity contribution in [3.05, 3.63) is 18.3 Å². The highest BCUT2D eigenvalue weighted by Gasteiger charge is 2.13. The predicted molar refractivity (Wildman–Crippen MR) is 74.6 cm³/mol. The van der Waals surface area contributed by atoms with Crippen LogP contribution in [0.4, 0.5) is 0 Å². The Morgan fingerprint density at radius 1 is 1.50 bits per heavy atom. The van der Waals surface area contributed by atoms with E-state index < -0.39 is 5.97 Å². The van der Waals surface area contributed by atoms with Crippen molar-refractivity contribution in [2.75, 3.05) is 12.3 Å². The van der Waals surface area contributed by atoms with Gasteiger partial charge in [0.1, 0.15) is 5.52 Å². The van der Waals surface area contributed by atoms with Gasteiger partial charge >= 0.3 is 5.97 Å². The second-order valence-corrected chi connectivity index (χ2v) is 5.00. The Hall–Kier alpha value is -2.09. The number of imidazole rings is 1. The van der Waals surface area contributed by atoms with Crippen molar-refractivity contribution in [3.8, 4) is 0 Å². The van der Waals surface area contributed by atoms with E-state index in [0.29, 0.717) is 29.4 Å². The summed E-state index contributed by atoms with van der Waals surface area (Å²) in [5.41, 5.74) is 1.40. The number of hydrogen-bond donors (Lipinski definition) is 2. The number of carboxylic acids is 1. The zero-order valence-corrected chi connectivity index (χ0v) is 11.7. The smallest absolute Gasteiger partial charge is 0.313 e. The monoisotopic (exact) mass is 294 g/mol. The van der Waals surface area contributed by atoms with Gasteiger partial charge in [0.05, 0.1) is 5.75 Å². The lowest BCUT2D eigenvalue weighted by molar-refractivity contribution is -0.133. The molecular formula is C12H14N4O3S. The number of rotatable bonds is 6. The first-order valence-electron chi connectivity index (χ1n) is 5.98. The first-order valence-corrected chi connectivity index (χ1v) is 6.97. The van der Waals surface area contributed by atoms with Crippen molar-refractivity contribution in [1.29, 1.82) is 0 Å². The Kier molecular flexibility index (Phi) is 4.57. The van der Waals surface area contributed by atoms with Gasteiger partial charge in [0.15, 0.2) is 10.8 Å². The maximum absolute atomic E-state index is 10.9. The van der Waals surface area contributed by atoms with E-state index in [0.717, 1.165) is 11.8 Å². The van der Waals surface area contributed by atoms with Gasteiger partial charge < -0.3 is 15.0 Å². The molecule has 0 saturated heterocycles. The fourth-order valence-corrected chi connectivity index (χ4v) is 2.47. The quantitative estimate of drug-likeness (QED) is 0.763. The zero-order chi connectivity index (χ0) is 14.5. The molecule has 0 bridgehead atoms. The minimum Gasteiger partial charge on any atom is -0.481 e. The van der Waals surface area contributed by atoms with Crippen molar-refractivity contribution < 1.29 is 14.7 Å². The Bertz CT molecular complexity index is 641. The van der Waals surface area contributed by atoms with E-state index in [1.54, 1.807) is 12.3 Å². The van der Waals surface area contributed by atoms with Gasteiger partial charge in [-0.1, -0.05) is 11.8 Å². The summed E-state index contributed by atoms with van der Waals surface area (Å²) in [7, 11) is 0. The van der Waals surface area contributed by atoms with Crippen LogP contribution in [0.2, 0.25) is 0 Å². The summed E-state index contributed by atoms with van der Waals surface area (Å²) < 4.78 is 1.82. The molecule has 0 aromatic carbocycles. The molecule has 2 aromatic heterocycles. The minimum absolute atomic E-state index is 0.0660. The number of hydrogen-bond acceptors (Lipinski definition) is 5. The Labute approximate surface area is 119 Å². The van der Waals surface area contributed by atoms with E-state index in [1.807, 2.05) is 10.6 Å². The molecule has 2 heterocycles. The van der Waals surface area contributed by atoms with Crippen LogP contribution in [0.5, 0.6) is 0 Å². The van der Waals surface area contributed by atoms with Crippen LogP contribution in [0.3, 0.4) is 0 Å². The second kappa shape index (κ2) is 6.38. The van der Waals surface area contributed by atoms with Crippen LogP contribution >= 0.6 is 11.8 Å². The molecule has 0 aliphatic carbocycles. The zero-order valence-electron chi connectivity index (χ0n) is 10.9. The number of thioether (sulfide) groups is 1. The molecule has 0 fully saturated rings. The lowest BCUT2D eigenvalue weighted by Gasteiger charge is -2.07. The summed E-state index contributed by atoms with van der Waals surface area (Å²) in [4.78, 5) is 30.2. The Morgan fingerprint density at radius 2 is 2.30 bits per heavy atom. The maximum atomic E-state index is 10.9. The van der Waals surface area contributed by atoms with Crippen LogP contribution in [0.1, 0.15) is 6.92 Å². The summed E-state index contributed by atoms with van der Waals surface area (Å²) in [6.45, 7) is 2.39. The topological polar surface area (TPSA) is 97.1 Å². The predicted octanol–water partition coefficient (Wildman–Crippen LogP) is 0.744. The van der Waals surface area contributed by atoms with Gasteiger partial charge in [0.2, 0.25) is 5.91 Å². The molecule has 2 N–H and O–H groups in total. The molecule has 8 heteroatoms. The van der Waals surface area contributed by atoms with E-state index in [9.17, 15) is 9.59 Å². The van der Waals surface area contributed by atoms with Gasteiger partial charge in [0.25, 0.3) is 0 Å². The number of nitrogens with one attached hydrogen (secondary N) is 1. The molecule has 0 atom stereocenters. The molecule has 1 amide bonds. The Balaban J connectivity index is 2.24. The van der Waals surface area contributed by atoms with E-state index in [1.165, 1.54) is 6.92 Å². The molecule has 2 rings (SSSR count). The molecule has 20 heavy (non-hydrogen) atoms. The van der Waals surface area contributed by atoms with Crippen LogP contribution in [-0.2, 0) is 16.1 Å². The second-order valence-electron chi connectivity index (χ2n) is 4.06. The van der Waals surface area contributed by atoms with Crippen LogP contribution in [0.25, 0.3) is 11.2 Å². The summed E-state index contributed by atoms with van der Waals surface area (Å²) in [5.74, 6) is -1.07. The number of aliphatic carboxylic acids is 1. The molecule has 0 aliphatic rings. The highest BCUT2D eigenvalue weighted by atomic mass is 32.2. The lowest BCUT2D eigenvalue weighted by atomic mass is 10.4. The summed E-state index contributed by atoms with van der Waals surface area (Å²) in [6, 6.07) is 3.60. The normalized spacial score (nSPS) is 10.7. The number of pyridine rings is 1. The van der Waals surface area contributed by atoms with Crippen molar-refractivity contribution in [2.45, 2.75) is 18.6 Å². The standard InChI is InChI=1S/C12H14N4O3S/c1-8(17)13-5-6-16-11-9(3-2-4-14-11)15-12(16)20-7-10(18)19/h2-4H,5-7H2,1H3,(H,13,17)(H,18,19). The highest BCUT2D eigenvalue weighted by molar-refractivity contribution is 7.99. The molecule has 106 valence electrons. The van der Waals surface area contributed by atoms with Crippen LogP contribution in [0, 0.1) is 0 Å². The van der Waals surface area contributed by atoms with Crippen LogP contribution < -0.4 is 5.32 Å². The fraction of sp³-hybridized carbons (Fsp3) is 0.333. The minimum atomic E-state index is -0.900. The summed E-state index contributed by atoms with van der Waals surface area (Å²) in [5, 5.41) is 12.0. The lowest BCUT2D eigenvalue weighted by Crippen LogP contribution is -2.24. The van der Waals surface area contributed by atoms with Crippen molar-refractivity contribution in [3.63, 3.8) is 0 Å². The number of carbonyl (C=O) groups is 2. The first kappa shape index (κ1) is 14.3. The van der Waals surface area contributed by atoms with E-state index in [4.69, 9.17) is 5.11 Å². The highest BCUT2D eigenvalue weighted by Crippen LogP contribution is 2.22. The van der Waals surface area contributed by atoms with Gasteiger partial charge in [-0.15, -0.1) is 0 Å². The Morgan fingerprint density at radius 3 is 3.00 bits per heavy atom. The molecule has 0 unspecified atom stereocenters. The summed E-state index contributed by atoms with van der Waals surface area (Å²) >= 11 is 1.14. The average Bonchev–Trinajstić information content (AvgIpc) is 2.74. The maximum Gasteiger partial charge on any atom is 0.313 e. The van der Waals surface area contributed by atoms with Crippen molar-refractivity contribution in [2.24, 2.45) is 0 Å². The molecule has 0 radical (unpaired) electrons. The number of nitrogens with zero attached hydrogens (tertiary/aromatic N) is 3. The molecule has 0 spiro atoms. The van der Waals surface area contributed by atoms with E-state index >= 15 is 0 Å². The third-order valence-electron chi connectivity index (χ3n) is 2.50. The summed E-state index contributed by atoms with van der Waals surface area (Å²) in [6.07, 6.45) is 1.66.